The number of fused-ring (bicyclic) bond motifs is 6. The molecule has 0 radical (unpaired) electrons. The molecule has 3 aromatic rings. The summed E-state index contributed by atoms with van der Waals surface area (Å²) in [6.45, 7) is 16.0. The minimum atomic E-state index is -0.160. The number of pyridine rings is 3. The monoisotopic (exact) mass is 645 g/mol. The van der Waals surface area contributed by atoms with Crippen LogP contribution in [0.2, 0.25) is 0 Å². The van der Waals surface area contributed by atoms with Gasteiger partial charge in [0.05, 0.1) is 17.4 Å². The molecule has 10 heteroatoms. The summed E-state index contributed by atoms with van der Waals surface area (Å²) in [6.07, 6.45) is 5.72. The van der Waals surface area contributed by atoms with Crippen LogP contribution < -0.4 is 19.8 Å². The molecule has 4 bridgehead atoms. The first-order valence-corrected chi connectivity index (χ1v) is 17.3. The summed E-state index contributed by atoms with van der Waals surface area (Å²) in [5.41, 5.74) is 3.45. The van der Waals surface area contributed by atoms with E-state index in [2.05, 4.69) is 80.6 Å². The summed E-state index contributed by atoms with van der Waals surface area (Å²) in [4.78, 5) is 33.2. The third-order valence-electron chi connectivity index (χ3n) is 9.39. The Morgan fingerprint density at radius 2 is 1.93 bits per heavy atom. The summed E-state index contributed by atoms with van der Waals surface area (Å²) >= 11 is 1.24. The Bertz CT molecular complexity index is 1490. The number of hydrogen-bond donors (Lipinski definition) is 2. The van der Waals surface area contributed by atoms with Gasteiger partial charge in [-0.05, 0) is 81.3 Å². The van der Waals surface area contributed by atoms with Crippen LogP contribution in [0.5, 0.6) is 0 Å². The van der Waals surface area contributed by atoms with Crippen LogP contribution in [0.15, 0.2) is 53.7 Å². The van der Waals surface area contributed by atoms with Crippen molar-refractivity contribution in [1.82, 2.24) is 19.7 Å². The van der Waals surface area contributed by atoms with Gasteiger partial charge >= 0.3 is 0 Å². The van der Waals surface area contributed by atoms with Crippen LogP contribution in [0.4, 0.5) is 17.3 Å². The molecule has 2 aliphatic heterocycles. The van der Waals surface area contributed by atoms with Crippen molar-refractivity contribution in [2.75, 3.05) is 49.0 Å². The smallest absolute Gasteiger partial charge is 0.265 e. The van der Waals surface area contributed by atoms with E-state index in [-0.39, 0.29) is 22.9 Å². The average molecular weight is 646 g/mol. The molecule has 1 unspecified atom stereocenters. The van der Waals surface area contributed by atoms with Gasteiger partial charge in [-0.25, -0.2) is 9.97 Å². The topological polar surface area (TPSA) is 95.5 Å². The van der Waals surface area contributed by atoms with E-state index in [1.165, 1.54) is 11.9 Å². The van der Waals surface area contributed by atoms with Crippen LogP contribution in [0.3, 0.4) is 0 Å². The van der Waals surface area contributed by atoms with E-state index in [9.17, 15) is 4.79 Å². The second-order valence-corrected chi connectivity index (χ2v) is 15.5. The van der Waals surface area contributed by atoms with Crippen molar-refractivity contribution >= 4 is 35.2 Å². The van der Waals surface area contributed by atoms with Gasteiger partial charge in [0.15, 0.2) is 0 Å². The Morgan fingerprint density at radius 1 is 1.13 bits per heavy atom. The lowest BCUT2D eigenvalue weighted by Crippen LogP contribution is -2.40. The number of carbonyl (C=O) groups excluding carboxylic acids is 1. The van der Waals surface area contributed by atoms with Crippen molar-refractivity contribution in [1.29, 1.82) is 0 Å². The number of aromatic nitrogens is 3. The SMILES string of the molecule is COCCCN(C)c1ccc(CC2C[C@H](C)[C@@H]3CN(c4nc(C(C)(C)C)ccc4C(=O)NSc4cccc(n4)N2)C(C)(C)C3)nc1. The fourth-order valence-electron chi connectivity index (χ4n) is 6.64. The lowest BCUT2D eigenvalue weighted by molar-refractivity contribution is 0.0984. The lowest BCUT2D eigenvalue weighted by atomic mass is 9.83. The molecule has 3 aromatic heterocycles. The zero-order valence-corrected chi connectivity index (χ0v) is 29.6. The maximum Gasteiger partial charge on any atom is 0.265 e. The number of amides is 1. The molecular formula is C36H51N7O2S. The highest BCUT2D eigenvalue weighted by molar-refractivity contribution is 7.97. The summed E-state index contributed by atoms with van der Waals surface area (Å²) in [6, 6.07) is 14.3. The Labute approximate surface area is 279 Å². The van der Waals surface area contributed by atoms with E-state index in [0.717, 1.165) is 79.1 Å². The number of nitrogens with zero attached hydrogens (tertiary/aromatic N) is 5. The minimum Gasteiger partial charge on any atom is -0.385 e. The molecule has 46 heavy (non-hydrogen) atoms. The van der Waals surface area contributed by atoms with E-state index >= 15 is 0 Å². The standard InChI is InChI=1S/C36H51N7O2S/c1-24-19-27(20-26-13-14-28(22-37-26)42(7)17-10-18-45-8)38-31-11-9-12-32(40-31)46-41-34(44)29-15-16-30(35(2,3)4)39-33(29)43-23-25(24)21-36(43,5)6/h9,11-16,22,24-25,27H,10,17-21,23H2,1-8H3,(H,38,40)(H,41,44)/t24-,25-,27?/m0/s1. The molecule has 1 saturated heterocycles. The van der Waals surface area contributed by atoms with Crippen molar-refractivity contribution in [2.24, 2.45) is 11.8 Å². The first kappa shape index (κ1) is 34.0. The van der Waals surface area contributed by atoms with Crippen molar-refractivity contribution in [3.05, 3.63) is 65.6 Å². The average Bonchev–Trinajstić information content (AvgIpc) is 3.34. The quantitative estimate of drug-likeness (QED) is 0.214. The van der Waals surface area contributed by atoms with Gasteiger partial charge in [0.1, 0.15) is 16.7 Å². The van der Waals surface area contributed by atoms with Crippen molar-refractivity contribution < 1.29 is 9.53 Å². The second-order valence-electron chi connectivity index (χ2n) is 14.6. The van der Waals surface area contributed by atoms with E-state index in [1.54, 1.807) is 7.11 Å². The van der Waals surface area contributed by atoms with E-state index in [4.69, 9.17) is 19.7 Å². The molecule has 2 aliphatic rings. The van der Waals surface area contributed by atoms with Crippen LogP contribution >= 0.6 is 11.9 Å². The Kier molecular flexibility index (Phi) is 10.5. The zero-order valence-electron chi connectivity index (χ0n) is 28.8. The van der Waals surface area contributed by atoms with Gasteiger partial charge in [-0.3, -0.25) is 14.5 Å². The summed E-state index contributed by atoms with van der Waals surface area (Å²) in [5, 5.41) is 4.47. The van der Waals surface area contributed by atoms with Crippen LogP contribution in [0, 0.1) is 11.8 Å². The van der Waals surface area contributed by atoms with Crippen LogP contribution in [-0.2, 0) is 16.6 Å². The predicted molar refractivity (Wildman–Crippen MR) is 189 cm³/mol. The molecule has 9 nitrogen and oxygen atoms in total. The molecule has 5 heterocycles. The molecule has 0 aliphatic carbocycles. The van der Waals surface area contributed by atoms with Crippen LogP contribution in [0.1, 0.15) is 82.6 Å². The fraction of sp³-hybridized carbons (Fsp3) is 0.556. The van der Waals surface area contributed by atoms with Crippen LogP contribution in [0.25, 0.3) is 0 Å². The highest BCUT2D eigenvalue weighted by Crippen LogP contribution is 2.42. The predicted octanol–water partition coefficient (Wildman–Crippen LogP) is 6.75. The lowest BCUT2D eigenvalue weighted by Gasteiger charge is -2.34. The van der Waals surface area contributed by atoms with Crippen molar-refractivity contribution in [3.8, 4) is 0 Å². The molecule has 0 aromatic carbocycles. The first-order valence-electron chi connectivity index (χ1n) is 16.5. The molecule has 248 valence electrons. The second kappa shape index (κ2) is 14.2. The summed E-state index contributed by atoms with van der Waals surface area (Å²) in [5.74, 6) is 2.26. The normalized spacial score (nSPS) is 21.4. The van der Waals surface area contributed by atoms with E-state index in [1.807, 2.05) is 36.5 Å². The third kappa shape index (κ3) is 8.12. The van der Waals surface area contributed by atoms with Crippen LogP contribution in [-0.4, -0.2) is 66.3 Å². The molecule has 1 fully saturated rings. The number of hydrogen-bond acceptors (Lipinski definition) is 9. The largest absolute Gasteiger partial charge is 0.385 e. The van der Waals surface area contributed by atoms with E-state index in [0.29, 0.717) is 17.4 Å². The molecule has 2 N–H and O–H groups in total. The molecule has 0 saturated carbocycles. The number of anilines is 3. The Morgan fingerprint density at radius 3 is 2.65 bits per heavy atom. The molecule has 1 amide bonds. The highest BCUT2D eigenvalue weighted by Gasteiger charge is 2.43. The molecular weight excluding hydrogens is 595 g/mol. The Hall–Kier alpha value is -3.37. The zero-order chi connectivity index (χ0) is 33.1. The maximum atomic E-state index is 13.7. The molecule has 0 spiro atoms. The molecule has 3 atom stereocenters. The van der Waals surface area contributed by atoms with Gasteiger partial charge in [-0.2, -0.15) is 0 Å². The number of rotatable bonds is 7. The first-order chi connectivity index (χ1) is 21.8. The van der Waals surface area contributed by atoms with E-state index < -0.39 is 0 Å². The van der Waals surface area contributed by atoms with Crippen molar-refractivity contribution in [2.45, 2.75) is 89.2 Å². The van der Waals surface area contributed by atoms with Gasteiger partial charge in [-0.15, -0.1) is 0 Å². The number of nitrogens with one attached hydrogen (secondary N) is 2. The van der Waals surface area contributed by atoms with Crippen molar-refractivity contribution in [3.63, 3.8) is 0 Å². The van der Waals surface area contributed by atoms with Gasteiger partial charge in [0.2, 0.25) is 0 Å². The minimum absolute atomic E-state index is 0.135. The number of carbonyl (C=O) groups is 1. The number of ether oxygens (including phenoxy) is 1. The third-order valence-corrected chi connectivity index (χ3v) is 10.1. The fourth-order valence-corrected chi connectivity index (χ4v) is 7.24. The highest BCUT2D eigenvalue weighted by atomic mass is 32.2. The summed E-state index contributed by atoms with van der Waals surface area (Å²) < 4.78 is 8.26. The summed E-state index contributed by atoms with van der Waals surface area (Å²) in [7, 11) is 3.83. The van der Waals surface area contributed by atoms with Gasteiger partial charge in [-0.1, -0.05) is 33.8 Å². The van der Waals surface area contributed by atoms with Gasteiger partial charge in [0.25, 0.3) is 5.91 Å². The Balaban J connectivity index is 1.44. The number of methoxy groups -OCH3 is 1. The van der Waals surface area contributed by atoms with Gasteiger partial charge in [0, 0.05) is 80.6 Å². The maximum absolute atomic E-state index is 13.7. The molecule has 5 rings (SSSR count). The van der Waals surface area contributed by atoms with Gasteiger partial charge < -0.3 is 19.9 Å².